The molecule has 98 valence electrons. The number of carboxylic acid groups (broad SMARTS) is 1. The van der Waals surface area contributed by atoms with E-state index in [2.05, 4.69) is 10.1 Å². The summed E-state index contributed by atoms with van der Waals surface area (Å²) in [6.45, 7) is 0. The van der Waals surface area contributed by atoms with Gasteiger partial charge in [-0.15, -0.1) is 0 Å². The molecule has 1 amide bonds. The van der Waals surface area contributed by atoms with Crippen molar-refractivity contribution in [1.82, 2.24) is 5.32 Å². The molecule has 3 N–H and O–H groups in total. The molecule has 6 nitrogen and oxygen atoms in total. The first-order valence-corrected chi connectivity index (χ1v) is 6.06. The molecule has 0 fully saturated rings. The third kappa shape index (κ3) is 4.06. The van der Waals surface area contributed by atoms with E-state index < -0.39 is 18.1 Å². The van der Waals surface area contributed by atoms with Crippen molar-refractivity contribution in [2.75, 3.05) is 7.11 Å². The number of hydrogen-bond donors (Lipinski definition) is 3. The molecule has 0 aromatic heterocycles. The van der Waals surface area contributed by atoms with Gasteiger partial charge in [-0.3, -0.25) is 0 Å². The molecule has 0 spiro atoms. The molecule has 0 radical (unpaired) electrons. The van der Waals surface area contributed by atoms with E-state index in [1.165, 1.54) is 6.07 Å². The number of carbonyl (C=O) groups is 2. The first kappa shape index (κ1) is 14.6. The fourth-order valence-electron chi connectivity index (χ4n) is 1.31. The van der Waals surface area contributed by atoms with Crippen molar-refractivity contribution in [3.8, 4) is 5.75 Å². The number of phenolic OH excluding ortho intramolecular Hbond substituents is 1. The molecule has 0 unspecified atom stereocenters. The van der Waals surface area contributed by atoms with Gasteiger partial charge in [0.15, 0.2) is 0 Å². The van der Waals surface area contributed by atoms with E-state index in [0.29, 0.717) is 9.13 Å². The monoisotopic (exact) mass is 365 g/mol. The summed E-state index contributed by atoms with van der Waals surface area (Å²) in [7, 11) is 1.16. The molecular weight excluding hydrogens is 353 g/mol. The van der Waals surface area contributed by atoms with Gasteiger partial charge in [0.05, 0.1) is 10.7 Å². The van der Waals surface area contributed by atoms with E-state index in [-0.39, 0.29) is 12.2 Å². The lowest BCUT2D eigenvalue weighted by Crippen LogP contribution is -2.42. The van der Waals surface area contributed by atoms with Crippen LogP contribution in [0.1, 0.15) is 5.56 Å². The van der Waals surface area contributed by atoms with Crippen LogP contribution in [0, 0.1) is 3.57 Å². The number of carboxylic acids is 1. The number of ether oxygens (including phenoxy) is 1. The Morgan fingerprint density at radius 3 is 2.67 bits per heavy atom. The molecule has 0 saturated carbocycles. The van der Waals surface area contributed by atoms with Crippen molar-refractivity contribution in [3.63, 3.8) is 0 Å². The van der Waals surface area contributed by atoms with Crippen LogP contribution < -0.4 is 5.32 Å². The zero-order valence-electron chi connectivity index (χ0n) is 9.51. The maximum atomic E-state index is 11.0. The summed E-state index contributed by atoms with van der Waals surface area (Å²) in [5.74, 6) is -1.02. The third-order valence-corrected chi connectivity index (χ3v) is 3.09. The fourth-order valence-corrected chi connectivity index (χ4v) is 1.89. The van der Waals surface area contributed by atoms with Crippen LogP contribution in [0.3, 0.4) is 0 Å². The van der Waals surface area contributed by atoms with Gasteiger partial charge in [0, 0.05) is 6.42 Å². The van der Waals surface area contributed by atoms with Gasteiger partial charge in [-0.2, -0.15) is 0 Å². The molecule has 18 heavy (non-hydrogen) atoms. The lowest BCUT2D eigenvalue weighted by Gasteiger charge is -2.13. The lowest BCUT2D eigenvalue weighted by molar-refractivity contribution is -0.139. The van der Waals surface area contributed by atoms with Crippen molar-refractivity contribution < 1.29 is 24.5 Å². The molecule has 1 aromatic rings. The van der Waals surface area contributed by atoms with E-state index in [1.54, 1.807) is 12.1 Å². The van der Waals surface area contributed by atoms with Crippen LogP contribution >= 0.6 is 22.6 Å². The van der Waals surface area contributed by atoms with Gasteiger partial charge in [-0.1, -0.05) is 6.07 Å². The van der Waals surface area contributed by atoms with Crippen molar-refractivity contribution in [1.29, 1.82) is 0 Å². The summed E-state index contributed by atoms with van der Waals surface area (Å²) in [5.41, 5.74) is 0.695. The van der Waals surface area contributed by atoms with Gasteiger partial charge in [-0.25, -0.2) is 9.59 Å². The number of rotatable bonds is 4. The van der Waals surface area contributed by atoms with Gasteiger partial charge < -0.3 is 20.3 Å². The number of aromatic hydroxyl groups is 1. The van der Waals surface area contributed by atoms with Crippen LogP contribution in [0.5, 0.6) is 5.75 Å². The summed E-state index contributed by atoms with van der Waals surface area (Å²) in [6.07, 6.45) is -0.684. The predicted molar refractivity (Wildman–Crippen MR) is 71.5 cm³/mol. The highest BCUT2D eigenvalue weighted by molar-refractivity contribution is 14.1. The Balaban J connectivity index is 2.80. The Morgan fingerprint density at radius 2 is 2.17 bits per heavy atom. The number of benzene rings is 1. The maximum absolute atomic E-state index is 11.0. The Kier molecular flexibility index (Phi) is 5.20. The minimum atomic E-state index is -1.15. The van der Waals surface area contributed by atoms with Crippen molar-refractivity contribution in [3.05, 3.63) is 27.3 Å². The molecule has 1 aromatic carbocycles. The first-order chi connectivity index (χ1) is 8.43. The minimum Gasteiger partial charge on any atom is -0.507 e. The number of halogens is 1. The van der Waals surface area contributed by atoms with Gasteiger partial charge >= 0.3 is 12.1 Å². The highest BCUT2D eigenvalue weighted by Gasteiger charge is 2.20. The van der Waals surface area contributed by atoms with Crippen LogP contribution in [0.15, 0.2) is 18.2 Å². The lowest BCUT2D eigenvalue weighted by atomic mass is 10.1. The fraction of sp³-hybridized carbons (Fsp3) is 0.273. The summed E-state index contributed by atoms with van der Waals surface area (Å²) < 4.78 is 4.97. The zero-order valence-corrected chi connectivity index (χ0v) is 11.7. The van der Waals surface area contributed by atoms with Gasteiger partial charge in [0.2, 0.25) is 0 Å². The average Bonchev–Trinajstić information content (AvgIpc) is 2.32. The second-order valence-electron chi connectivity index (χ2n) is 3.52. The Bertz CT molecular complexity index is 463. The summed E-state index contributed by atoms with van der Waals surface area (Å²) >= 11 is 1.94. The Labute approximate surface area is 117 Å². The van der Waals surface area contributed by atoms with E-state index in [9.17, 15) is 14.7 Å². The highest BCUT2D eigenvalue weighted by Crippen LogP contribution is 2.20. The van der Waals surface area contributed by atoms with Crippen LogP contribution in [0.2, 0.25) is 0 Å². The second kappa shape index (κ2) is 6.43. The predicted octanol–water partition coefficient (Wildman–Crippen LogP) is 1.35. The van der Waals surface area contributed by atoms with Gasteiger partial charge in [0.25, 0.3) is 0 Å². The SMILES string of the molecule is COC(=O)N[C@@H](Cc1ccc(O)c(I)c1)C(=O)O. The first-order valence-electron chi connectivity index (χ1n) is 4.98. The average molecular weight is 365 g/mol. The molecule has 0 aliphatic heterocycles. The molecule has 0 aliphatic carbocycles. The number of phenols is 1. The zero-order chi connectivity index (χ0) is 13.7. The Morgan fingerprint density at radius 1 is 1.50 bits per heavy atom. The van der Waals surface area contributed by atoms with Crippen LogP contribution in [0.25, 0.3) is 0 Å². The molecular formula is C11H12INO5. The standard InChI is InChI=1S/C11H12INO5/c1-18-11(17)13-8(10(15)16)5-6-2-3-9(14)7(12)4-6/h2-4,8,14H,5H2,1H3,(H,13,17)(H,15,16)/t8-/m0/s1. The van der Waals surface area contributed by atoms with E-state index in [4.69, 9.17) is 5.11 Å². The number of methoxy groups -OCH3 is 1. The number of amides is 1. The molecule has 0 heterocycles. The van der Waals surface area contributed by atoms with Crippen molar-refractivity contribution in [2.24, 2.45) is 0 Å². The van der Waals surface area contributed by atoms with E-state index in [0.717, 1.165) is 7.11 Å². The van der Waals surface area contributed by atoms with Gasteiger partial charge in [-0.05, 0) is 40.3 Å². The molecule has 1 rings (SSSR count). The maximum Gasteiger partial charge on any atom is 0.407 e. The third-order valence-electron chi connectivity index (χ3n) is 2.23. The largest absolute Gasteiger partial charge is 0.507 e. The molecule has 0 aliphatic rings. The van der Waals surface area contributed by atoms with Crippen molar-refractivity contribution in [2.45, 2.75) is 12.5 Å². The van der Waals surface area contributed by atoms with Crippen LogP contribution in [-0.2, 0) is 16.0 Å². The topological polar surface area (TPSA) is 95.9 Å². The van der Waals surface area contributed by atoms with Crippen LogP contribution in [-0.4, -0.2) is 35.4 Å². The normalized spacial score (nSPS) is 11.7. The number of carbonyl (C=O) groups excluding carboxylic acids is 1. The number of hydrogen-bond acceptors (Lipinski definition) is 4. The van der Waals surface area contributed by atoms with Gasteiger partial charge in [0.1, 0.15) is 11.8 Å². The molecule has 0 saturated heterocycles. The molecule has 0 bridgehead atoms. The molecule has 7 heteroatoms. The summed E-state index contributed by atoms with van der Waals surface area (Å²) in [5, 5.41) is 20.6. The Hall–Kier alpha value is -1.51. The van der Waals surface area contributed by atoms with Crippen molar-refractivity contribution >= 4 is 34.7 Å². The van der Waals surface area contributed by atoms with E-state index >= 15 is 0 Å². The minimum absolute atomic E-state index is 0.112. The quantitative estimate of drug-likeness (QED) is 0.700. The highest BCUT2D eigenvalue weighted by atomic mass is 127. The van der Waals surface area contributed by atoms with E-state index in [1.807, 2.05) is 22.6 Å². The second-order valence-corrected chi connectivity index (χ2v) is 4.68. The number of alkyl carbamates (subject to hydrolysis) is 1. The summed E-state index contributed by atoms with van der Waals surface area (Å²) in [4.78, 5) is 22.0. The summed E-state index contributed by atoms with van der Waals surface area (Å²) in [6, 6.07) is 3.67. The number of aliphatic carboxylic acids is 1. The molecule has 1 atom stereocenters. The smallest absolute Gasteiger partial charge is 0.407 e. The van der Waals surface area contributed by atoms with Crippen LogP contribution in [0.4, 0.5) is 4.79 Å². The number of nitrogens with one attached hydrogen (secondary N) is 1.